The van der Waals surface area contributed by atoms with Gasteiger partial charge in [0.15, 0.2) is 5.75 Å². The largest absolute Gasteiger partial charge is 0.508 e. The Morgan fingerprint density at radius 2 is 2.16 bits per heavy atom. The van der Waals surface area contributed by atoms with Crippen molar-refractivity contribution >= 4 is 22.6 Å². The minimum absolute atomic E-state index is 0.137. The van der Waals surface area contributed by atoms with Crippen LogP contribution in [-0.4, -0.2) is 40.9 Å². The SMILES string of the molecule is O=C(O)C1CCCC[C@@H]1CN1CCOc2cnc3ccc(O)cc3c21. The minimum atomic E-state index is -0.685. The molecule has 0 saturated heterocycles. The number of pyridine rings is 1. The van der Waals surface area contributed by atoms with Crippen molar-refractivity contribution in [2.24, 2.45) is 11.8 Å². The van der Waals surface area contributed by atoms with E-state index in [1.165, 1.54) is 0 Å². The van der Waals surface area contributed by atoms with Gasteiger partial charge in [0.25, 0.3) is 0 Å². The third-order valence-electron chi connectivity index (χ3n) is 5.41. The number of phenolic OH excluding ortho intramolecular Hbond substituents is 1. The highest BCUT2D eigenvalue weighted by molar-refractivity contribution is 5.96. The molecule has 1 aromatic heterocycles. The number of ether oxygens (including phenoxy) is 1. The molecule has 6 nitrogen and oxygen atoms in total. The molecule has 0 spiro atoms. The number of anilines is 1. The van der Waals surface area contributed by atoms with E-state index in [0.717, 1.165) is 42.3 Å². The highest BCUT2D eigenvalue weighted by Gasteiger charge is 2.33. The Hall–Kier alpha value is -2.50. The molecular formula is C19H22N2O4. The first-order valence-electron chi connectivity index (χ1n) is 8.86. The fourth-order valence-electron chi connectivity index (χ4n) is 4.17. The molecule has 25 heavy (non-hydrogen) atoms. The molecule has 2 aromatic rings. The summed E-state index contributed by atoms with van der Waals surface area (Å²) in [6, 6.07) is 5.12. The lowest BCUT2D eigenvalue weighted by molar-refractivity contribution is -0.144. The second-order valence-corrected chi connectivity index (χ2v) is 6.96. The smallest absolute Gasteiger partial charge is 0.306 e. The van der Waals surface area contributed by atoms with Gasteiger partial charge >= 0.3 is 5.97 Å². The van der Waals surface area contributed by atoms with Gasteiger partial charge in [-0.3, -0.25) is 9.78 Å². The molecule has 0 bridgehead atoms. The van der Waals surface area contributed by atoms with E-state index in [4.69, 9.17) is 4.74 Å². The molecule has 2 N–H and O–H groups in total. The molecular weight excluding hydrogens is 320 g/mol. The second-order valence-electron chi connectivity index (χ2n) is 6.96. The molecule has 1 fully saturated rings. The lowest BCUT2D eigenvalue weighted by Crippen LogP contribution is -2.41. The van der Waals surface area contributed by atoms with Gasteiger partial charge in [0, 0.05) is 11.9 Å². The first kappa shape index (κ1) is 16.0. The Labute approximate surface area is 146 Å². The van der Waals surface area contributed by atoms with E-state index < -0.39 is 5.97 Å². The third kappa shape index (κ3) is 2.97. The van der Waals surface area contributed by atoms with E-state index in [2.05, 4.69) is 9.88 Å². The number of aliphatic carboxylic acids is 1. The van der Waals surface area contributed by atoms with Crippen molar-refractivity contribution in [3.63, 3.8) is 0 Å². The Morgan fingerprint density at radius 1 is 1.32 bits per heavy atom. The number of nitrogens with zero attached hydrogens (tertiary/aromatic N) is 2. The molecule has 1 unspecified atom stereocenters. The molecule has 1 aliphatic carbocycles. The average Bonchev–Trinajstić information content (AvgIpc) is 2.62. The van der Waals surface area contributed by atoms with E-state index in [1.807, 2.05) is 0 Å². The van der Waals surface area contributed by atoms with E-state index >= 15 is 0 Å². The van der Waals surface area contributed by atoms with Crippen LogP contribution in [0.2, 0.25) is 0 Å². The summed E-state index contributed by atoms with van der Waals surface area (Å²) in [6.07, 6.45) is 5.50. The summed E-state index contributed by atoms with van der Waals surface area (Å²) >= 11 is 0. The van der Waals surface area contributed by atoms with Gasteiger partial charge < -0.3 is 19.8 Å². The van der Waals surface area contributed by atoms with Gasteiger partial charge in [-0.25, -0.2) is 0 Å². The Bertz CT molecular complexity index is 807. The van der Waals surface area contributed by atoms with Crippen LogP contribution in [0.25, 0.3) is 10.9 Å². The Kier molecular flexibility index (Phi) is 4.11. The van der Waals surface area contributed by atoms with Crippen LogP contribution in [0.1, 0.15) is 25.7 Å². The summed E-state index contributed by atoms with van der Waals surface area (Å²) in [4.78, 5) is 18.2. The number of fused-ring (bicyclic) bond motifs is 3. The summed E-state index contributed by atoms with van der Waals surface area (Å²) < 4.78 is 5.76. The summed E-state index contributed by atoms with van der Waals surface area (Å²) in [7, 11) is 0. The van der Waals surface area contributed by atoms with Gasteiger partial charge in [-0.05, 0) is 37.0 Å². The van der Waals surface area contributed by atoms with Crippen molar-refractivity contribution in [2.75, 3.05) is 24.6 Å². The topological polar surface area (TPSA) is 82.9 Å². The lowest BCUT2D eigenvalue weighted by atomic mass is 9.79. The second kappa shape index (κ2) is 6.43. The molecule has 4 rings (SSSR count). The van der Waals surface area contributed by atoms with Crippen LogP contribution in [-0.2, 0) is 4.79 Å². The van der Waals surface area contributed by atoms with Crippen LogP contribution in [0, 0.1) is 11.8 Å². The molecule has 2 atom stereocenters. The zero-order chi connectivity index (χ0) is 17.4. The van der Waals surface area contributed by atoms with Gasteiger partial charge in [-0.15, -0.1) is 0 Å². The van der Waals surface area contributed by atoms with E-state index in [-0.39, 0.29) is 17.6 Å². The number of hydrogen-bond acceptors (Lipinski definition) is 5. The average molecular weight is 342 g/mol. The zero-order valence-electron chi connectivity index (χ0n) is 14.0. The predicted molar refractivity (Wildman–Crippen MR) is 94.2 cm³/mol. The lowest BCUT2D eigenvalue weighted by Gasteiger charge is -2.37. The van der Waals surface area contributed by atoms with Gasteiger partial charge in [-0.2, -0.15) is 0 Å². The molecule has 2 heterocycles. The van der Waals surface area contributed by atoms with Crippen molar-refractivity contribution in [3.05, 3.63) is 24.4 Å². The number of benzene rings is 1. The molecule has 132 valence electrons. The fraction of sp³-hybridized carbons (Fsp3) is 0.474. The Morgan fingerprint density at radius 3 is 3.00 bits per heavy atom. The number of carboxylic acid groups (broad SMARTS) is 1. The highest BCUT2D eigenvalue weighted by atomic mass is 16.5. The van der Waals surface area contributed by atoms with Crippen molar-refractivity contribution in [1.29, 1.82) is 0 Å². The molecule has 0 amide bonds. The first-order chi connectivity index (χ1) is 12.1. The minimum Gasteiger partial charge on any atom is -0.508 e. The van der Waals surface area contributed by atoms with Gasteiger partial charge in [0.05, 0.1) is 29.9 Å². The molecule has 1 aromatic carbocycles. The number of rotatable bonds is 3. The van der Waals surface area contributed by atoms with Gasteiger partial charge in [0.1, 0.15) is 12.4 Å². The molecule has 0 radical (unpaired) electrons. The summed E-state index contributed by atoms with van der Waals surface area (Å²) in [5, 5.41) is 20.3. The fourth-order valence-corrected chi connectivity index (χ4v) is 4.17. The van der Waals surface area contributed by atoms with Gasteiger partial charge in [0.2, 0.25) is 0 Å². The highest BCUT2D eigenvalue weighted by Crippen LogP contribution is 2.40. The van der Waals surface area contributed by atoms with E-state index in [9.17, 15) is 15.0 Å². The van der Waals surface area contributed by atoms with Crippen molar-refractivity contribution in [2.45, 2.75) is 25.7 Å². The van der Waals surface area contributed by atoms with Crippen molar-refractivity contribution in [1.82, 2.24) is 4.98 Å². The molecule has 6 heteroatoms. The van der Waals surface area contributed by atoms with Crippen LogP contribution in [0.4, 0.5) is 5.69 Å². The molecule has 1 saturated carbocycles. The number of hydrogen-bond donors (Lipinski definition) is 2. The zero-order valence-corrected chi connectivity index (χ0v) is 14.0. The van der Waals surface area contributed by atoms with E-state index in [0.29, 0.717) is 25.4 Å². The maximum Gasteiger partial charge on any atom is 0.306 e. The van der Waals surface area contributed by atoms with Crippen LogP contribution >= 0.6 is 0 Å². The van der Waals surface area contributed by atoms with Crippen molar-refractivity contribution in [3.8, 4) is 11.5 Å². The van der Waals surface area contributed by atoms with Crippen LogP contribution in [0.5, 0.6) is 11.5 Å². The quantitative estimate of drug-likeness (QED) is 0.892. The number of carboxylic acids is 1. The summed E-state index contributed by atoms with van der Waals surface area (Å²) in [5.74, 6) is 0.0658. The Balaban J connectivity index is 1.71. The number of phenols is 1. The number of aromatic nitrogens is 1. The monoisotopic (exact) mass is 342 g/mol. The standard InChI is InChI=1S/C19H22N2O4/c22-13-5-6-16-15(9-13)18-17(10-20-16)25-8-7-21(18)11-12-3-1-2-4-14(12)19(23)24/h5-6,9-10,12,14,22H,1-4,7-8,11H2,(H,23,24)/t12-,14?/m1/s1. The maximum atomic E-state index is 11.6. The van der Waals surface area contributed by atoms with Gasteiger partial charge in [-0.1, -0.05) is 12.8 Å². The maximum absolute atomic E-state index is 11.6. The van der Waals surface area contributed by atoms with Crippen LogP contribution in [0.15, 0.2) is 24.4 Å². The predicted octanol–water partition coefficient (Wildman–Crippen LogP) is 3.03. The molecule has 2 aliphatic rings. The van der Waals surface area contributed by atoms with Crippen LogP contribution in [0.3, 0.4) is 0 Å². The third-order valence-corrected chi connectivity index (χ3v) is 5.41. The summed E-state index contributed by atoms with van der Waals surface area (Å²) in [6.45, 7) is 1.97. The summed E-state index contributed by atoms with van der Waals surface area (Å²) in [5.41, 5.74) is 1.72. The number of carbonyl (C=O) groups is 1. The van der Waals surface area contributed by atoms with E-state index in [1.54, 1.807) is 24.4 Å². The first-order valence-corrected chi connectivity index (χ1v) is 8.86. The molecule has 1 aliphatic heterocycles. The van der Waals surface area contributed by atoms with Crippen molar-refractivity contribution < 1.29 is 19.7 Å². The number of aromatic hydroxyl groups is 1. The van der Waals surface area contributed by atoms with Crippen LogP contribution < -0.4 is 9.64 Å². The normalized spacial score (nSPS) is 23.1.